The van der Waals surface area contributed by atoms with Gasteiger partial charge in [-0.25, -0.2) is 4.39 Å². The van der Waals surface area contributed by atoms with E-state index in [-0.39, 0.29) is 5.56 Å². The first-order valence-corrected chi connectivity index (χ1v) is 6.13. The second-order valence-electron chi connectivity index (χ2n) is 4.83. The highest BCUT2D eigenvalue weighted by molar-refractivity contribution is 5.85. The zero-order valence-corrected chi connectivity index (χ0v) is 10.6. The molecule has 0 unspecified atom stereocenters. The normalized spacial score (nSPS) is 15.9. The van der Waals surface area contributed by atoms with E-state index in [0.29, 0.717) is 17.7 Å². The number of benzene rings is 1. The second kappa shape index (κ2) is 5.23. The molecular weight excluding hydrogens is 300 g/mol. The van der Waals surface area contributed by atoms with E-state index < -0.39 is 36.4 Å². The van der Waals surface area contributed by atoms with Crippen LogP contribution in [0, 0.1) is 5.82 Å². The lowest BCUT2D eigenvalue weighted by Gasteiger charge is -2.28. The van der Waals surface area contributed by atoms with Gasteiger partial charge in [0.05, 0.1) is 0 Å². The standard InChI is InChI=1S/C13H11F6NO/c14-10-4-2-1-3-8(10)7-20(9-5-6-9)11(21)12(15,16)13(17,18)19/h1-4,9H,5-7H2. The maximum Gasteiger partial charge on any atom is 0.463 e. The summed E-state index contributed by atoms with van der Waals surface area (Å²) in [5, 5.41) is 0. The van der Waals surface area contributed by atoms with E-state index in [1.165, 1.54) is 18.2 Å². The van der Waals surface area contributed by atoms with Gasteiger partial charge in [0.15, 0.2) is 0 Å². The smallest absolute Gasteiger partial charge is 0.330 e. The van der Waals surface area contributed by atoms with Gasteiger partial charge in [0.1, 0.15) is 5.82 Å². The van der Waals surface area contributed by atoms with E-state index in [2.05, 4.69) is 0 Å². The van der Waals surface area contributed by atoms with Crippen LogP contribution >= 0.6 is 0 Å². The third-order valence-electron chi connectivity index (χ3n) is 3.17. The molecule has 116 valence electrons. The van der Waals surface area contributed by atoms with E-state index in [1.807, 2.05) is 0 Å². The van der Waals surface area contributed by atoms with E-state index in [4.69, 9.17) is 0 Å². The van der Waals surface area contributed by atoms with Crippen LogP contribution in [0.1, 0.15) is 18.4 Å². The molecule has 1 amide bonds. The van der Waals surface area contributed by atoms with E-state index >= 15 is 0 Å². The van der Waals surface area contributed by atoms with Crippen LogP contribution in [0.15, 0.2) is 24.3 Å². The Labute approximate surface area is 116 Å². The summed E-state index contributed by atoms with van der Waals surface area (Å²) in [6, 6.07) is 4.35. The molecule has 0 spiro atoms. The van der Waals surface area contributed by atoms with Gasteiger partial charge in [-0.05, 0) is 18.9 Å². The Hall–Kier alpha value is -1.73. The lowest BCUT2D eigenvalue weighted by Crippen LogP contribution is -2.52. The average Bonchev–Trinajstić information content (AvgIpc) is 3.20. The van der Waals surface area contributed by atoms with Crippen molar-refractivity contribution in [1.82, 2.24) is 4.90 Å². The average molecular weight is 311 g/mol. The predicted octanol–water partition coefficient (Wildman–Crippen LogP) is 3.51. The van der Waals surface area contributed by atoms with Gasteiger partial charge in [-0.15, -0.1) is 0 Å². The van der Waals surface area contributed by atoms with Crippen molar-refractivity contribution in [1.29, 1.82) is 0 Å². The number of halogens is 6. The largest absolute Gasteiger partial charge is 0.463 e. The van der Waals surface area contributed by atoms with E-state index in [1.54, 1.807) is 0 Å². The molecule has 0 N–H and O–H groups in total. The van der Waals surface area contributed by atoms with Gasteiger partial charge in [-0.2, -0.15) is 22.0 Å². The molecular formula is C13H11F6NO. The summed E-state index contributed by atoms with van der Waals surface area (Å²) in [6.07, 6.45) is -5.31. The number of amides is 1. The van der Waals surface area contributed by atoms with Crippen molar-refractivity contribution in [2.24, 2.45) is 0 Å². The summed E-state index contributed by atoms with van der Waals surface area (Å²) >= 11 is 0. The molecule has 0 heterocycles. The lowest BCUT2D eigenvalue weighted by atomic mass is 10.1. The number of hydrogen-bond acceptors (Lipinski definition) is 1. The van der Waals surface area contributed by atoms with Gasteiger partial charge < -0.3 is 4.90 Å². The first-order chi connectivity index (χ1) is 9.64. The fourth-order valence-corrected chi connectivity index (χ4v) is 1.86. The molecule has 2 rings (SSSR count). The van der Waals surface area contributed by atoms with Crippen LogP contribution in [0.4, 0.5) is 26.3 Å². The lowest BCUT2D eigenvalue weighted by molar-refractivity contribution is -0.275. The maximum atomic E-state index is 13.5. The Morgan fingerprint density at radius 1 is 1.14 bits per heavy atom. The molecule has 1 aliphatic carbocycles. The Morgan fingerprint density at radius 3 is 2.19 bits per heavy atom. The fraction of sp³-hybridized carbons (Fsp3) is 0.462. The Balaban J connectivity index is 2.24. The Kier molecular flexibility index (Phi) is 3.90. The topological polar surface area (TPSA) is 20.3 Å². The number of carbonyl (C=O) groups is 1. The quantitative estimate of drug-likeness (QED) is 0.779. The van der Waals surface area contributed by atoms with Gasteiger partial charge >= 0.3 is 18.0 Å². The molecule has 0 bridgehead atoms. The zero-order valence-electron chi connectivity index (χ0n) is 10.6. The highest BCUT2D eigenvalue weighted by atomic mass is 19.4. The van der Waals surface area contributed by atoms with Crippen molar-refractivity contribution < 1.29 is 31.1 Å². The van der Waals surface area contributed by atoms with Crippen LogP contribution in [0.5, 0.6) is 0 Å². The van der Waals surface area contributed by atoms with Crippen molar-refractivity contribution in [2.75, 3.05) is 0 Å². The molecule has 0 atom stereocenters. The molecule has 0 aliphatic heterocycles. The number of carbonyl (C=O) groups excluding carboxylic acids is 1. The minimum absolute atomic E-state index is 0.101. The minimum atomic E-state index is -5.97. The van der Waals surface area contributed by atoms with E-state index in [9.17, 15) is 31.1 Å². The minimum Gasteiger partial charge on any atom is -0.330 e. The second-order valence-corrected chi connectivity index (χ2v) is 4.83. The molecule has 0 radical (unpaired) electrons. The Bertz CT molecular complexity index is 538. The molecule has 0 saturated heterocycles. The predicted molar refractivity (Wildman–Crippen MR) is 61.0 cm³/mol. The summed E-state index contributed by atoms with van der Waals surface area (Å²) in [6.45, 7) is -0.609. The van der Waals surface area contributed by atoms with E-state index in [0.717, 1.165) is 6.07 Å². The molecule has 1 aromatic rings. The molecule has 1 fully saturated rings. The van der Waals surface area contributed by atoms with Gasteiger partial charge in [0, 0.05) is 18.2 Å². The third-order valence-corrected chi connectivity index (χ3v) is 3.17. The molecule has 1 saturated carbocycles. The molecule has 1 aliphatic rings. The number of alkyl halides is 5. The van der Waals surface area contributed by atoms with Crippen molar-refractivity contribution in [3.05, 3.63) is 35.6 Å². The number of hydrogen-bond donors (Lipinski definition) is 0. The fourth-order valence-electron chi connectivity index (χ4n) is 1.86. The number of rotatable bonds is 4. The van der Waals surface area contributed by atoms with Crippen LogP contribution < -0.4 is 0 Å². The molecule has 2 nitrogen and oxygen atoms in total. The molecule has 8 heteroatoms. The number of nitrogens with zero attached hydrogens (tertiary/aromatic N) is 1. The molecule has 21 heavy (non-hydrogen) atoms. The van der Waals surface area contributed by atoms with Crippen LogP contribution in [0.3, 0.4) is 0 Å². The van der Waals surface area contributed by atoms with Gasteiger partial charge in [0.2, 0.25) is 0 Å². The van der Waals surface area contributed by atoms with Crippen molar-refractivity contribution >= 4 is 5.91 Å². The summed E-state index contributed by atoms with van der Waals surface area (Å²) in [4.78, 5) is 12.0. The Morgan fingerprint density at radius 2 is 1.71 bits per heavy atom. The summed E-state index contributed by atoms with van der Waals surface area (Å²) < 4.78 is 76.6. The summed E-state index contributed by atoms with van der Waals surface area (Å²) in [5.41, 5.74) is -0.101. The van der Waals surface area contributed by atoms with Crippen molar-refractivity contribution in [3.8, 4) is 0 Å². The highest BCUT2D eigenvalue weighted by Crippen LogP contribution is 2.40. The zero-order chi connectivity index (χ0) is 15.8. The molecule has 1 aromatic carbocycles. The van der Waals surface area contributed by atoms with Crippen LogP contribution in [0.25, 0.3) is 0 Å². The van der Waals surface area contributed by atoms with Gasteiger partial charge in [0.25, 0.3) is 0 Å². The van der Waals surface area contributed by atoms with Crippen LogP contribution in [-0.2, 0) is 11.3 Å². The first-order valence-electron chi connectivity index (χ1n) is 6.13. The molecule has 0 aromatic heterocycles. The van der Waals surface area contributed by atoms with Crippen molar-refractivity contribution in [2.45, 2.75) is 37.5 Å². The van der Waals surface area contributed by atoms with Gasteiger partial charge in [-0.3, -0.25) is 4.79 Å². The summed E-state index contributed by atoms with van der Waals surface area (Å²) in [7, 11) is 0. The third kappa shape index (κ3) is 3.14. The van der Waals surface area contributed by atoms with Crippen LogP contribution in [-0.4, -0.2) is 28.9 Å². The maximum absolute atomic E-state index is 13.5. The van der Waals surface area contributed by atoms with Crippen LogP contribution in [0.2, 0.25) is 0 Å². The first kappa shape index (κ1) is 15.7. The van der Waals surface area contributed by atoms with Gasteiger partial charge in [-0.1, -0.05) is 18.2 Å². The SMILES string of the molecule is O=C(N(Cc1ccccc1F)C1CC1)C(F)(F)C(F)(F)F. The highest BCUT2D eigenvalue weighted by Gasteiger charge is 2.65. The monoisotopic (exact) mass is 311 g/mol. The van der Waals surface area contributed by atoms with Crippen molar-refractivity contribution in [3.63, 3.8) is 0 Å². The summed E-state index contributed by atoms with van der Waals surface area (Å²) in [5.74, 6) is -8.56.